The van der Waals surface area contributed by atoms with Gasteiger partial charge in [-0.15, -0.1) is 0 Å². The van der Waals surface area contributed by atoms with E-state index in [4.69, 9.17) is 4.74 Å². The molecule has 0 fully saturated rings. The normalized spacial score (nSPS) is 10.3. The van der Waals surface area contributed by atoms with Crippen molar-refractivity contribution in [2.24, 2.45) is 0 Å². The standard InChI is InChI=1S/C14H12Br2FNO/c1-19-12-6-10(15)5-11(7-12)18-8-9-3-2-4-13(17)14(9)16/h2-7,18H,8H2,1H3. The molecule has 2 nitrogen and oxygen atoms in total. The van der Waals surface area contributed by atoms with Gasteiger partial charge in [0.2, 0.25) is 0 Å². The SMILES string of the molecule is COc1cc(Br)cc(NCc2cccc(F)c2Br)c1. The molecule has 0 aliphatic carbocycles. The van der Waals surface area contributed by atoms with Crippen molar-refractivity contribution >= 4 is 37.5 Å². The summed E-state index contributed by atoms with van der Waals surface area (Å²) in [4.78, 5) is 0. The second-order valence-electron chi connectivity index (χ2n) is 3.95. The van der Waals surface area contributed by atoms with E-state index in [2.05, 4.69) is 37.2 Å². The Labute approximate surface area is 128 Å². The van der Waals surface area contributed by atoms with Gasteiger partial charge in [0.15, 0.2) is 0 Å². The number of methoxy groups -OCH3 is 1. The van der Waals surface area contributed by atoms with E-state index in [1.54, 1.807) is 13.2 Å². The highest BCUT2D eigenvalue weighted by Crippen LogP contribution is 2.26. The van der Waals surface area contributed by atoms with Gasteiger partial charge in [-0.25, -0.2) is 4.39 Å². The average Bonchev–Trinajstić information content (AvgIpc) is 2.40. The Hall–Kier alpha value is -1.07. The summed E-state index contributed by atoms with van der Waals surface area (Å²) in [5.74, 6) is 0.501. The Balaban J connectivity index is 2.14. The van der Waals surface area contributed by atoms with Gasteiger partial charge in [0.1, 0.15) is 11.6 Å². The quantitative estimate of drug-likeness (QED) is 0.798. The Morgan fingerprint density at radius 3 is 2.74 bits per heavy atom. The van der Waals surface area contributed by atoms with Crippen LogP contribution in [0.3, 0.4) is 0 Å². The fraction of sp³-hybridized carbons (Fsp3) is 0.143. The zero-order valence-corrected chi connectivity index (χ0v) is 13.4. The first-order chi connectivity index (χ1) is 9.10. The first-order valence-corrected chi connectivity index (χ1v) is 7.20. The maximum absolute atomic E-state index is 13.4. The highest BCUT2D eigenvalue weighted by Gasteiger charge is 2.05. The largest absolute Gasteiger partial charge is 0.497 e. The Morgan fingerprint density at radius 1 is 1.21 bits per heavy atom. The van der Waals surface area contributed by atoms with Crippen molar-refractivity contribution in [3.63, 3.8) is 0 Å². The number of nitrogens with one attached hydrogen (secondary N) is 1. The average molecular weight is 389 g/mol. The van der Waals surface area contributed by atoms with E-state index in [1.165, 1.54) is 6.07 Å². The molecule has 2 aromatic rings. The van der Waals surface area contributed by atoms with Crippen LogP contribution in [0.5, 0.6) is 5.75 Å². The summed E-state index contributed by atoms with van der Waals surface area (Å²) in [7, 11) is 1.62. The van der Waals surface area contributed by atoms with Gasteiger partial charge in [0, 0.05) is 22.8 Å². The third-order valence-electron chi connectivity index (χ3n) is 2.62. The summed E-state index contributed by atoms with van der Waals surface area (Å²) in [6.45, 7) is 0.526. The van der Waals surface area contributed by atoms with E-state index >= 15 is 0 Å². The van der Waals surface area contributed by atoms with Crippen molar-refractivity contribution < 1.29 is 9.13 Å². The van der Waals surface area contributed by atoms with E-state index in [-0.39, 0.29) is 5.82 Å². The minimum absolute atomic E-state index is 0.258. The maximum atomic E-state index is 13.4. The number of anilines is 1. The van der Waals surface area contributed by atoms with Gasteiger partial charge in [-0.05, 0) is 39.7 Å². The predicted octanol–water partition coefficient (Wildman–Crippen LogP) is 4.97. The minimum Gasteiger partial charge on any atom is -0.497 e. The van der Waals surface area contributed by atoms with Gasteiger partial charge in [-0.2, -0.15) is 0 Å². The summed E-state index contributed by atoms with van der Waals surface area (Å²) in [5, 5.41) is 3.24. The maximum Gasteiger partial charge on any atom is 0.137 e. The highest BCUT2D eigenvalue weighted by molar-refractivity contribution is 9.10. The summed E-state index contributed by atoms with van der Waals surface area (Å²) in [6.07, 6.45) is 0. The molecule has 0 aliphatic rings. The van der Waals surface area contributed by atoms with Crippen LogP contribution in [0.1, 0.15) is 5.56 Å². The fourth-order valence-corrected chi connectivity index (χ4v) is 2.54. The molecule has 0 aliphatic heterocycles. The van der Waals surface area contributed by atoms with Crippen molar-refractivity contribution in [3.05, 3.63) is 56.7 Å². The van der Waals surface area contributed by atoms with E-state index in [0.717, 1.165) is 21.5 Å². The van der Waals surface area contributed by atoms with Crippen LogP contribution in [0, 0.1) is 5.82 Å². The molecule has 0 radical (unpaired) electrons. The van der Waals surface area contributed by atoms with Crippen LogP contribution in [-0.2, 0) is 6.54 Å². The van der Waals surface area contributed by atoms with Gasteiger partial charge in [-0.3, -0.25) is 0 Å². The van der Waals surface area contributed by atoms with Crippen LogP contribution >= 0.6 is 31.9 Å². The molecular formula is C14H12Br2FNO. The smallest absolute Gasteiger partial charge is 0.137 e. The van der Waals surface area contributed by atoms with Crippen LogP contribution in [0.4, 0.5) is 10.1 Å². The third-order valence-corrected chi connectivity index (χ3v) is 3.97. The topological polar surface area (TPSA) is 21.3 Å². The molecule has 19 heavy (non-hydrogen) atoms. The lowest BCUT2D eigenvalue weighted by molar-refractivity contribution is 0.414. The van der Waals surface area contributed by atoms with Gasteiger partial charge in [0.05, 0.1) is 11.6 Å². The molecule has 5 heteroatoms. The highest BCUT2D eigenvalue weighted by atomic mass is 79.9. The van der Waals surface area contributed by atoms with Crippen molar-refractivity contribution in [1.29, 1.82) is 0 Å². The molecule has 0 aromatic heterocycles. The zero-order valence-electron chi connectivity index (χ0n) is 10.2. The molecule has 0 unspecified atom stereocenters. The number of benzene rings is 2. The summed E-state index contributed by atoms with van der Waals surface area (Å²) < 4.78 is 20.0. The van der Waals surface area contributed by atoms with Gasteiger partial charge < -0.3 is 10.1 Å². The minimum atomic E-state index is -0.258. The Kier molecular flexibility index (Phi) is 4.82. The van der Waals surface area contributed by atoms with E-state index in [9.17, 15) is 4.39 Å². The summed E-state index contributed by atoms with van der Waals surface area (Å²) in [6, 6.07) is 10.7. The zero-order chi connectivity index (χ0) is 13.8. The van der Waals surface area contributed by atoms with Crippen LogP contribution in [0.15, 0.2) is 45.3 Å². The van der Waals surface area contributed by atoms with Crippen LogP contribution in [0.2, 0.25) is 0 Å². The molecule has 0 bridgehead atoms. The summed E-state index contributed by atoms with van der Waals surface area (Å²) >= 11 is 6.66. The number of hydrogen-bond donors (Lipinski definition) is 1. The van der Waals surface area contributed by atoms with Crippen LogP contribution in [-0.4, -0.2) is 7.11 Å². The Morgan fingerprint density at radius 2 is 2.00 bits per heavy atom. The number of halogens is 3. The molecule has 2 aromatic carbocycles. The molecule has 0 heterocycles. The predicted molar refractivity (Wildman–Crippen MR) is 82.1 cm³/mol. The molecule has 0 spiro atoms. The third kappa shape index (κ3) is 3.70. The van der Waals surface area contributed by atoms with Crippen molar-refractivity contribution in [2.45, 2.75) is 6.54 Å². The molecular weight excluding hydrogens is 377 g/mol. The molecule has 0 atom stereocenters. The van der Waals surface area contributed by atoms with Gasteiger partial charge in [-0.1, -0.05) is 28.1 Å². The summed E-state index contributed by atoms with van der Waals surface area (Å²) in [5.41, 5.74) is 1.77. The van der Waals surface area contributed by atoms with E-state index in [1.807, 2.05) is 24.3 Å². The number of hydrogen-bond acceptors (Lipinski definition) is 2. The molecule has 100 valence electrons. The van der Waals surface area contributed by atoms with Crippen molar-refractivity contribution in [1.82, 2.24) is 0 Å². The fourth-order valence-electron chi connectivity index (χ4n) is 1.66. The first-order valence-electron chi connectivity index (χ1n) is 5.61. The number of ether oxygens (including phenoxy) is 1. The molecule has 0 amide bonds. The van der Waals surface area contributed by atoms with Crippen molar-refractivity contribution in [3.8, 4) is 5.75 Å². The monoisotopic (exact) mass is 387 g/mol. The van der Waals surface area contributed by atoms with E-state index in [0.29, 0.717) is 11.0 Å². The van der Waals surface area contributed by atoms with Crippen LogP contribution < -0.4 is 10.1 Å². The second kappa shape index (κ2) is 6.39. The van der Waals surface area contributed by atoms with Crippen LogP contribution in [0.25, 0.3) is 0 Å². The molecule has 1 N–H and O–H groups in total. The van der Waals surface area contributed by atoms with Gasteiger partial charge in [0.25, 0.3) is 0 Å². The lowest BCUT2D eigenvalue weighted by Crippen LogP contribution is -2.01. The molecule has 0 saturated carbocycles. The second-order valence-corrected chi connectivity index (χ2v) is 5.65. The molecule has 2 rings (SSSR count). The van der Waals surface area contributed by atoms with E-state index < -0.39 is 0 Å². The number of rotatable bonds is 4. The lowest BCUT2D eigenvalue weighted by atomic mass is 10.2. The van der Waals surface area contributed by atoms with Gasteiger partial charge >= 0.3 is 0 Å². The lowest BCUT2D eigenvalue weighted by Gasteiger charge is -2.10. The Bertz CT molecular complexity index is 590. The first kappa shape index (κ1) is 14.3. The molecule has 0 saturated heterocycles. The van der Waals surface area contributed by atoms with Crippen molar-refractivity contribution in [2.75, 3.05) is 12.4 Å².